The van der Waals surface area contributed by atoms with Crippen LogP contribution in [0.3, 0.4) is 0 Å². The Morgan fingerprint density at radius 2 is 1.70 bits per heavy atom. The molecule has 0 spiro atoms. The van der Waals surface area contributed by atoms with E-state index in [2.05, 4.69) is 0 Å². The van der Waals surface area contributed by atoms with Crippen LogP contribution in [-0.4, -0.2) is 27.6 Å². The topological polar surface area (TPSA) is 87.3 Å². The van der Waals surface area contributed by atoms with E-state index in [9.17, 15) is 22.8 Å². The minimum Gasteiger partial charge on any atom is -0.561 e. The van der Waals surface area contributed by atoms with Crippen molar-refractivity contribution in [3.63, 3.8) is 0 Å². The first-order chi connectivity index (χ1) is 13.9. The molecule has 0 aliphatic carbocycles. The number of hydrogen-bond acceptors (Lipinski definition) is 4. The summed E-state index contributed by atoms with van der Waals surface area (Å²) < 4.78 is 40.1. The molecule has 1 aliphatic rings. The van der Waals surface area contributed by atoms with E-state index in [-0.39, 0.29) is 16.4 Å². The Bertz CT molecular complexity index is 1110. The van der Waals surface area contributed by atoms with Gasteiger partial charge in [0.2, 0.25) is 0 Å². The fraction of sp³-hybridized carbons (Fsp3) is 0.200. The first-order valence-corrected chi connectivity index (χ1v) is 8.96. The Kier molecular flexibility index (Phi) is 5.04. The average Bonchev–Trinajstić information content (AvgIpc) is 2.85. The Morgan fingerprint density at radius 1 is 1.13 bits per heavy atom. The molecule has 1 fully saturated rings. The Labute approximate surface area is 174 Å². The van der Waals surface area contributed by atoms with Gasteiger partial charge in [-0.15, -0.1) is 0 Å². The molecule has 30 heavy (non-hydrogen) atoms. The summed E-state index contributed by atoms with van der Waals surface area (Å²) in [7, 11) is 0. The van der Waals surface area contributed by atoms with Gasteiger partial charge in [-0.25, -0.2) is 0 Å². The second-order valence-corrected chi connectivity index (χ2v) is 7.40. The van der Waals surface area contributed by atoms with E-state index in [1.54, 1.807) is 13.8 Å². The molecule has 1 amide bonds. The third-order valence-corrected chi connectivity index (χ3v) is 5.11. The summed E-state index contributed by atoms with van der Waals surface area (Å²) >= 11 is 5.42. The molecule has 2 N–H and O–H groups in total. The number of amides is 1. The molecule has 10 heteroatoms. The van der Waals surface area contributed by atoms with Crippen molar-refractivity contribution in [2.45, 2.75) is 25.6 Å². The first kappa shape index (κ1) is 21.3. The van der Waals surface area contributed by atoms with Gasteiger partial charge in [0.1, 0.15) is 11.1 Å². The summed E-state index contributed by atoms with van der Waals surface area (Å²) in [4.78, 5) is 26.7. The highest BCUT2D eigenvalue weighted by atomic mass is 32.1. The second kappa shape index (κ2) is 7.11. The van der Waals surface area contributed by atoms with Gasteiger partial charge in [-0.1, -0.05) is 0 Å². The summed E-state index contributed by atoms with van der Waals surface area (Å²) in [5.74, 6) is -1.43. The highest BCUT2D eigenvalue weighted by molar-refractivity contribution is 7.81. The van der Waals surface area contributed by atoms with Crippen LogP contribution in [0, 0.1) is 11.3 Å². The normalized spacial score (nSPS) is 16.0. The number of nitrogens with zero attached hydrogens (tertiary/aromatic N) is 3. The van der Waals surface area contributed by atoms with Crippen molar-refractivity contribution in [1.82, 2.24) is 0 Å². The number of halogens is 3. The molecule has 2 aromatic carbocycles. The number of nitriles is 1. The molecule has 3 rings (SSSR count). The van der Waals surface area contributed by atoms with Crippen molar-refractivity contribution in [2.75, 3.05) is 9.80 Å². The third kappa shape index (κ3) is 3.37. The summed E-state index contributed by atoms with van der Waals surface area (Å²) in [5.41, 5.74) is -2.47. The monoisotopic (exact) mass is 434 g/mol. The van der Waals surface area contributed by atoms with Crippen LogP contribution in [0.5, 0.6) is 0 Å². The molecule has 154 valence electrons. The minimum absolute atomic E-state index is 0.0483. The maximum absolute atomic E-state index is 13.4. The van der Waals surface area contributed by atoms with Gasteiger partial charge in [0.15, 0.2) is 5.11 Å². The molecule has 1 heterocycles. The molecule has 0 saturated carbocycles. The van der Waals surface area contributed by atoms with Crippen molar-refractivity contribution < 1.29 is 27.9 Å². The zero-order valence-electron chi connectivity index (χ0n) is 15.7. The number of alkyl halides is 3. The molecule has 0 bridgehead atoms. The van der Waals surface area contributed by atoms with Crippen molar-refractivity contribution >= 4 is 40.6 Å². The van der Waals surface area contributed by atoms with Crippen molar-refractivity contribution in [1.29, 1.82) is 5.26 Å². The molecule has 1 aliphatic heterocycles. The van der Waals surface area contributed by atoms with Gasteiger partial charge in [0.25, 0.3) is 5.91 Å². The SMILES string of the molecule is CC1(C)C(=O)N(c2ccc(C#N)c(C(F)(F)F)c2)C(=S)N1c1ccc(C(=O)[OH2+])cc1. The fourth-order valence-electron chi connectivity index (χ4n) is 3.22. The number of carbonyl (C=O) groups excluding carboxylic acids is 2. The van der Waals surface area contributed by atoms with E-state index in [4.69, 9.17) is 22.6 Å². The summed E-state index contributed by atoms with van der Waals surface area (Å²) in [5, 5.41) is 16.1. The summed E-state index contributed by atoms with van der Waals surface area (Å²) in [6.45, 7) is 3.14. The lowest BCUT2D eigenvalue weighted by atomic mass is 10.0. The molecular formula is C20H15F3N3O3S+. The van der Waals surface area contributed by atoms with Gasteiger partial charge < -0.3 is 10.0 Å². The Morgan fingerprint density at radius 3 is 2.20 bits per heavy atom. The fourth-order valence-corrected chi connectivity index (χ4v) is 3.74. The van der Waals surface area contributed by atoms with Gasteiger partial charge in [-0.2, -0.15) is 18.4 Å². The molecule has 6 nitrogen and oxygen atoms in total. The van der Waals surface area contributed by atoms with E-state index in [0.717, 1.165) is 17.0 Å². The number of hydrogen-bond donors (Lipinski definition) is 0. The van der Waals surface area contributed by atoms with Crippen molar-refractivity contribution in [3.05, 3.63) is 59.2 Å². The average molecular weight is 434 g/mol. The summed E-state index contributed by atoms with van der Waals surface area (Å²) in [6, 6.07) is 10.3. The Balaban J connectivity index is 2.09. The standard InChI is InChI=1S/C20H14F3N3O3S/c1-19(2)17(29)25(14-8-5-12(10-24)15(9-14)20(21,22)23)18(30)26(19)13-6-3-11(4-7-13)16(27)28/h3-9H,1-2H3,(H,27,28)/p+1. The number of carbonyl (C=O) groups is 2. The molecule has 1 saturated heterocycles. The molecule has 0 unspecified atom stereocenters. The highest BCUT2D eigenvalue weighted by Crippen LogP contribution is 2.39. The van der Waals surface area contributed by atoms with Crippen LogP contribution < -0.4 is 9.80 Å². The van der Waals surface area contributed by atoms with Gasteiger partial charge >= 0.3 is 12.1 Å². The second-order valence-electron chi connectivity index (χ2n) is 7.03. The van der Waals surface area contributed by atoms with Crippen molar-refractivity contribution in [3.8, 4) is 6.07 Å². The van der Waals surface area contributed by atoms with E-state index in [0.29, 0.717) is 5.69 Å². The number of thiocarbonyl (C=S) groups is 1. The van der Waals surface area contributed by atoms with Gasteiger partial charge in [-0.05, 0) is 68.5 Å². The molecule has 2 aromatic rings. The smallest absolute Gasteiger partial charge is 0.549 e. The molecule has 0 radical (unpaired) electrons. The van der Waals surface area contributed by atoms with E-state index in [1.807, 2.05) is 0 Å². The predicted octanol–water partition coefficient (Wildman–Crippen LogP) is 3.36. The number of benzene rings is 2. The predicted molar refractivity (Wildman–Crippen MR) is 107 cm³/mol. The highest BCUT2D eigenvalue weighted by Gasteiger charge is 2.50. The number of rotatable bonds is 3. The van der Waals surface area contributed by atoms with Crippen LogP contribution in [0.1, 0.15) is 35.3 Å². The third-order valence-electron chi connectivity index (χ3n) is 4.74. The molecule has 0 aromatic heterocycles. The zero-order valence-corrected chi connectivity index (χ0v) is 16.6. The van der Waals surface area contributed by atoms with Gasteiger partial charge in [0.05, 0.1) is 22.9 Å². The zero-order chi connectivity index (χ0) is 22.4. The Hall–Kier alpha value is -3.45. The molecular weight excluding hydrogens is 419 g/mol. The van der Waals surface area contributed by atoms with Gasteiger partial charge in [0, 0.05) is 10.5 Å². The van der Waals surface area contributed by atoms with Crippen LogP contribution >= 0.6 is 12.2 Å². The van der Waals surface area contributed by atoms with Crippen LogP contribution in [-0.2, 0) is 11.0 Å². The van der Waals surface area contributed by atoms with Crippen LogP contribution in [0.4, 0.5) is 24.5 Å². The lowest BCUT2D eigenvalue weighted by molar-refractivity contribution is -0.137. The van der Waals surface area contributed by atoms with Gasteiger partial charge in [-0.3, -0.25) is 9.69 Å². The lowest BCUT2D eigenvalue weighted by Gasteiger charge is -2.29. The van der Waals surface area contributed by atoms with E-state index < -0.39 is 34.7 Å². The van der Waals surface area contributed by atoms with E-state index >= 15 is 0 Å². The number of anilines is 2. The maximum Gasteiger partial charge on any atom is 0.549 e. The van der Waals surface area contributed by atoms with Crippen LogP contribution in [0.15, 0.2) is 42.5 Å². The largest absolute Gasteiger partial charge is 0.561 e. The molecule has 0 atom stereocenters. The maximum atomic E-state index is 13.4. The van der Waals surface area contributed by atoms with E-state index in [1.165, 1.54) is 41.3 Å². The van der Waals surface area contributed by atoms with Crippen molar-refractivity contribution in [2.24, 2.45) is 0 Å². The quantitative estimate of drug-likeness (QED) is 0.546. The first-order valence-electron chi connectivity index (χ1n) is 8.55. The lowest BCUT2D eigenvalue weighted by Crippen LogP contribution is -2.44. The minimum atomic E-state index is -4.78. The summed E-state index contributed by atoms with van der Waals surface area (Å²) in [6.07, 6.45) is -4.78. The van der Waals surface area contributed by atoms with Crippen LogP contribution in [0.2, 0.25) is 0 Å². The van der Waals surface area contributed by atoms with Crippen LogP contribution in [0.25, 0.3) is 0 Å².